The second-order valence-electron chi connectivity index (χ2n) is 2.35. The molecule has 0 aliphatic rings. The highest BCUT2D eigenvalue weighted by molar-refractivity contribution is 5.77. The molecule has 0 aliphatic carbocycles. The molecule has 0 rings (SSSR count). The summed E-state index contributed by atoms with van der Waals surface area (Å²) in [5, 5.41) is 8.57. The molecule has 0 fully saturated rings. The average Bonchev–Trinajstić information content (AvgIpc) is 2.00. The second kappa shape index (κ2) is 3.53. The molecule has 5 N–H and O–H groups in total. The number of hydrogen-bond acceptors (Lipinski definition) is 3. The van der Waals surface area contributed by atoms with Gasteiger partial charge in [0.1, 0.15) is 5.54 Å². The summed E-state index contributed by atoms with van der Waals surface area (Å²) in [5.41, 5.74) is 9.16. The van der Waals surface area contributed by atoms with E-state index in [0.717, 1.165) is 0 Å². The molecular weight excluding hydrogens is 132 g/mol. The van der Waals surface area contributed by atoms with Crippen molar-refractivity contribution in [3.8, 4) is 0 Å². The largest absolute Gasteiger partial charge is 0.480 e. The quantitative estimate of drug-likeness (QED) is 0.501. The van der Waals surface area contributed by atoms with E-state index in [1.807, 2.05) is 0 Å². The first-order valence-electron chi connectivity index (χ1n) is 3.79. The SMILES string of the molecule is [2H]C[C@](N)(CCCN)C(=O)O. The van der Waals surface area contributed by atoms with E-state index in [0.29, 0.717) is 13.0 Å². The van der Waals surface area contributed by atoms with Crippen LogP contribution in [0.5, 0.6) is 0 Å². The van der Waals surface area contributed by atoms with Gasteiger partial charge in [-0.1, -0.05) is 0 Å². The van der Waals surface area contributed by atoms with E-state index < -0.39 is 11.5 Å². The van der Waals surface area contributed by atoms with E-state index in [4.69, 9.17) is 17.9 Å². The molecule has 60 valence electrons. The number of carboxylic acid groups (broad SMARTS) is 1. The molecular formula is C6H14N2O2. The lowest BCUT2D eigenvalue weighted by atomic mass is 9.98. The monoisotopic (exact) mass is 147 g/mol. The van der Waals surface area contributed by atoms with Crippen LogP contribution < -0.4 is 11.5 Å². The number of carboxylic acids is 1. The summed E-state index contributed by atoms with van der Waals surface area (Å²) in [4.78, 5) is 10.5. The minimum Gasteiger partial charge on any atom is -0.480 e. The Hall–Kier alpha value is -0.610. The first-order chi connectivity index (χ1) is 5.06. The van der Waals surface area contributed by atoms with Gasteiger partial charge in [0, 0.05) is 1.37 Å². The Morgan fingerprint density at radius 2 is 2.50 bits per heavy atom. The van der Waals surface area contributed by atoms with E-state index in [-0.39, 0.29) is 13.3 Å². The van der Waals surface area contributed by atoms with Gasteiger partial charge in [-0.2, -0.15) is 0 Å². The maximum absolute atomic E-state index is 10.5. The lowest BCUT2D eigenvalue weighted by molar-refractivity contribution is -0.142. The molecule has 0 heterocycles. The molecule has 0 aromatic heterocycles. The molecule has 10 heavy (non-hydrogen) atoms. The fourth-order valence-electron chi connectivity index (χ4n) is 0.524. The van der Waals surface area contributed by atoms with Crippen LogP contribution in [0.3, 0.4) is 0 Å². The zero-order valence-corrected chi connectivity index (χ0v) is 5.84. The predicted octanol–water partition coefficient (Wildman–Crippen LogP) is -0.473. The molecule has 0 aromatic carbocycles. The molecule has 0 radical (unpaired) electrons. The smallest absolute Gasteiger partial charge is 0.323 e. The maximum Gasteiger partial charge on any atom is 0.323 e. The molecule has 0 unspecified atom stereocenters. The van der Waals surface area contributed by atoms with Crippen LogP contribution in [0.15, 0.2) is 0 Å². The van der Waals surface area contributed by atoms with Crippen LogP contribution in [-0.4, -0.2) is 23.2 Å². The minimum atomic E-state index is -1.40. The highest BCUT2D eigenvalue weighted by atomic mass is 16.4. The van der Waals surface area contributed by atoms with Gasteiger partial charge in [0.05, 0.1) is 0 Å². The number of hydrogen-bond donors (Lipinski definition) is 3. The van der Waals surface area contributed by atoms with Crippen LogP contribution in [0.4, 0.5) is 0 Å². The van der Waals surface area contributed by atoms with Gasteiger partial charge in [0.25, 0.3) is 0 Å². The number of aliphatic carboxylic acids is 1. The van der Waals surface area contributed by atoms with Gasteiger partial charge in [0.2, 0.25) is 0 Å². The Kier molecular flexibility index (Phi) is 2.65. The molecule has 0 saturated heterocycles. The Balaban J connectivity index is 3.99. The lowest BCUT2D eigenvalue weighted by Gasteiger charge is -2.17. The summed E-state index contributed by atoms with van der Waals surface area (Å²) < 4.78 is 6.92. The summed E-state index contributed by atoms with van der Waals surface area (Å²) in [6.07, 6.45) is 0.810. The highest BCUT2D eigenvalue weighted by Gasteiger charge is 2.26. The summed E-state index contributed by atoms with van der Waals surface area (Å²) >= 11 is 0. The van der Waals surface area contributed by atoms with Crippen molar-refractivity contribution in [2.75, 3.05) is 6.54 Å². The molecule has 4 nitrogen and oxygen atoms in total. The van der Waals surface area contributed by atoms with Crippen molar-refractivity contribution in [3.05, 3.63) is 0 Å². The first-order valence-corrected chi connectivity index (χ1v) is 3.08. The molecule has 4 heteroatoms. The van der Waals surface area contributed by atoms with Crippen LogP contribution in [0.1, 0.15) is 21.1 Å². The highest BCUT2D eigenvalue weighted by Crippen LogP contribution is 2.07. The van der Waals surface area contributed by atoms with Crippen molar-refractivity contribution in [3.63, 3.8) is 0 Å². The topological polar surface area (TPSA) is 89.3 Å². The lowest BCUT2D eigenvalue weighted by Crippen LogP contribution is -2.45. The zero-order valence-electron chi connectivity index (χ0n) is 6.84. The molecule has 0 bridgehead atoms. The number of carbonyl (C=O) groups is 1. The van der Waals surface area contributed by atoms with Crippen LogP contribution in [0, 0.1) is 0 Å². The fourth-order valence-corrected chi connectivity index (χ4v) is 0.524. The normalized spacial score (nSPS) is 17.6. The Labute approximate surface area is 61.6 Å². The maximum atomic E-state index is 10.5. The Morgan fingerprint density at radius 1 is 1.90 bits per heavy atom. The summed E-state index contributed by atoms with van der Waals surface area (Å²) in [5.74, 6) is -1.12. The number of nitrogens with two attached hydrogens (primary N) is 2. The number of rotatable bonds is 4. The summed E-state index contributed by atoms with van der Waals surface area (Å²) in [7, 11) is 0. The third kappa shape index (κ3) is 2.80. The van der Waals surface area contributed by atoms with E-state index in [1.54, 1.807) is 0 Å². The van der Waals surface area contributed by atoms with Gasteiger partial charge in [-0.05, 0) is 26.3 Å². The fraction of sp³-hybridized carbons (Fsp3) is 0.833. The van der Waals surface area contributed by atoms with Gasteiger partial charge in [-0.3, -0.25) is 4.79 Å². The van der Waals surface area contributed by atoms with Gasteiger partial charge < -0.3 is 16.6 Å². The first kappa shape index (κ1) is 7.50. The minimum absolute atomic E-state index is 0.266. The molecule has 0 aliphatic heterocycles. The standard InChI is InChI=1S/C6H14N2O2/c1-6(8,5(9)10)3-2-4-7/h2-4,7-8H2,1H3,(H,9,10)/t6-/m0/s1/i1D. The molecule has 0 spiro atoms. The molecule has 1 atom stereocenters. The molecule has 0 amide bonds. The van der Waals surface area contributed by atoms with Crippen molar-refractivity contribution >= 4 is 5.97 Å². The second-order valence-corrected chi connectivity index (χ2v) is 2.35. The van der Waals surface area contributed by atoms with E-state index in [2.05, 4.69) is 0 Å². The third-order valence-electron chi connectivity index (χ3n) is 1.25. The van der Waals surface area contributed by atoms with Crippen LogP contribution in [-0.2, 0) is 4.79 Å². The average molecular weight is 147 g/mol. The van der Waals surface area contributed by atoms with Gasteiger partial charge in [0.15, 0.2) is 0 Å². The van der Waals surface area contributed by atoms with Crippen LogP contribution in [0.2, 0.25) is 0 Å². The van der Waals surface area contributed by atoms with Crippen LogP contribution >= 0.6 is 0 Å². The van der Waals surface area contributed by atoms with Crippen molar-refractivity contribution in [1.29, 1.82) is 0 Å². The third-order valence-corrected chi connectivity index (χ3v) is 1.25. The van der Waals surface area contributed by atoms with E-state index in [1.165, 1.54) is 0 Å². The van der Waals surface area contributed by atoms with Gasteiger partial charge in [-0.15, -0.1) is 0 Å². The van der Waals surface area contributed by atoms with Crippen molar-refractivity contribution in [2.24, 2.45) is 11.5 Å². The predicted molar refractivity (Wildman–Crippen MR) is 38.5 cm³/mol. The van der Waals surface area contributed by atoms with Crippen LogP contribution in [0.25, 0.3) is 0 Å². The molecule has 0 saturated carbocycles. The van der Waals surface area contributed by atoms with E-state index >= 15 is 0 Å². The molecule has 0 aromatic rings. The van der Waals surface area contributed by atoms with Gasteiger partial charge in [-0.25, -0.2) is 0 Å². The summed E-state index contributed by atoms with van der Waals surface area (Å²) in [6, 6.07) is 0. The van der Waals surface area contributed by atoms with E-state index in [9.17, 15) is 4.79 Å². The Morgan fingerprint density at radius 3 is 2.80 bits per heavy atom. The zero-order chi connectivity index (χ0) is 8.91. The van der Waals surface area contributed by atoms with Crippen molar-refractivity contribution in [1.82, 2.24) is 0 Å². The summed E-state index contributed by atoms with van der Waals surface area (Å²) in [6.45, 7) is 0.106. The van der Waals surface area contributed by atoms with Gasteiger partial charge >= 0.3 is 5.97 Å². The van der Waals surface area contributed by atoms with Crippen molar-refractivity contribution < 1.29 is 11.3 Å². The van der Waals surface area contributed by atoms with Crippen molar-refractivity contribution in [2.45, 2.75) is 25.3 Å². The Bertz CT molecular complexity index is 143.